The SMILES string of the molecule is CC(C)(C)OC(=O)[C@H](CSc1ccccc1)[C@H](O)c1ccc(Cl)cc1. The Morgan fingerprint density at radius 2 is 1.72 bits per heavy atom. The number of hydrogen-bond acceptors (Lipinski definition) is 4. The van der Waals surface area contributed by atoms with Gasteiger partial charge in [-0.2, -0.15) is 0 Å². The second-order valence-electron chi connectivity index (χ2n) is 6.76. The minimum absolute atomic E-state index is 0.404. The summed E-state index contributed by atoms with van der Waals surface area (Å²) in [6.07, 6.45) is -0.955. The molecule has 3 nitrogen and oxygen atoms in total. The molecule has 0 heterocycles. The molecular weight excluding hydrogens is 356 g/mol. The van der Waals surface area contributed by atoms with Crippen molar-refractivity contribution in [1.82, 2.24) is 0 Å². The number of ether oxygens (including phenoxy) is 1. The van der Waals surface area contributed by atoms with Gasteiger partial charge in [0.15, 0.2) is 0 Å². The number of carbonyl (C=O) groups is 1. The van der Waals surface area contributed by atoms with E-state index >= 15 is 0 Å². The van der Waals surface area contributed by atoms with Crippen LogP contribution in [-0.4, -0.2) is 22.4 Å². The number of carbonyl (C=O) groups excluding carboxylic acids is 1. The quantitative estimate of drug-likeness (QED) is 0.559. The minimum Gasteiger partial charge on any atom is -0.460 e. The van der Waals surface area contributed by atoms with Crippen LogP contribution in [0.4, 0.5) is 0 Å². The fraction of sp³-hybridized carbons (Fsp3) is 0.350. The molecule has 1 N–H and O–H groups in total. The van der Waals surface area contributed by atoms with Gasteiger partial charge in [0.05, 0.1) is 12.0 Å². The predicted octanol–water partition coefficient (Wildman–Crippen LogP) is 5.12. The highest BCUT2D eigenvalue weighted by molar-refractivity contribution is 7.99. The average molecular weight is 379 g/mol. The van der Waals surface area contributed by atoms with Crippen LogP contribution in [0.2, 0.25) is 5.02 Å². The number of thioether (sulfide) groups is 1. The maximum Gasteiger partial charge on any atom is 0.313 e. The van der Waals surface area contributed by atoms with Gasteiger partial charge in [0.25, 0.3) is 0 Å². The molecule has 0 fully saturated rings. The summed E-state index contributed by atoms with van der Waals surface area (Å²) in [5.74, 6) is -0.660. The second-order valence-corrected chi connectivity index (χ2v) is 8.29. The van der Waals surface area contributed by atoms with Gasteiger partial charge in [-0.1, -0.05) is 41.9 Å². The van der Waals surface area contributed by atoms with E-state index in [2.05, 4.69) is 0 Å². The lowest BCUT2D eigenvalue weighted by atomic mass is 9.97. The highest BCUT2D eigenvalue weighted by atomic mass is 35.5. The largest absolute Gasteiger partial charge is 0.460 e. The number of rotatable bonds is 6. The molecule has 134 valence electrons. The molecule has 5 heteroatoms. The van der Waals surface area contributed by atoms with Gasteiger partial charge in [0, 0.05) is 15.7 Å². The van der Waals surface area contributed by atoms with E-state index in [0.29, 0.717) is 16.3 Å². The summed E-state index contributed by atoms with van der Waals surface area (Å²) in [6, 6.07) is 16.7. The third-order valence-electron chi connectivity index (χ3n) is 3.47. The lowest BCUT2D eigenvalue weighted by Crippen LogP contribution is -2.33. The molecule has 0 saturated heterocycles. The topological polar surface area (TPSA) is 46.5 Å². The number of halogens is 1. The average Bonchev–Trinajstić information content (AvgIpc) is 2.55. The van der Waals surface area contributed by atoms with Crippen LogP contribution >= 0.6 is 23.4 Å². The molecule has 0 unspecified atom stereocenters. The van der Waals surface area contributed by atoms with Crippen molar-refractivity contribution in [3.8, 4) is 0 Å². The van der Waals surface area contributed by atoms with Crippen molar-refractivity contribution in [2.24, 2.45) is 5.92 Å². The van der Waals surface area contributed by atoms with Gasteiger partial charge in [0.2, 0.25) is 0 Å². The van der Waals surface area contributed by atoms with Crippen LogP contribution in [0.25, 0.3) is 0 Å². The Balaban J connectivity index is 2.18. The Hall–Kier alpha value is -1.49. The standard InChI is InChI=1S/C20H23ClO3S/c1-20(2,3)24-19(23)17(13-25-16-7-5-4-6-8-16)18(22)14-9-11-15(21)12-10-14/h4-12,17-18,22H,13H2,1-3H3/t17-,18-/m1/s1. The number of hydrogen-bond donors (Lipinski definition) is 1. The van der Waals surface area contributed by atoms with Crippen LogP contribution in [0.1, 0.15) is 32.4 Å². The Morgan fingerprint density at radius 3 is 2.28 bits per heavy atom. The predicted molar refractivity (Wildman–Crippen MR) is 103 cm³/mol. The number of aliphatic hydroxyl groups excluding tert-OH is 1. The fourth-order valence-corrected chi connectivity index (χ4v) is 3.43. The molecule has 25 heavy (non-hydrogen) atoms. The summed E-state index contributed by atoms with van der Waals surface area (Å²) in [5.41, 5.74) is 0.0424. The fourth-order valence-electron chi connectivity index (χ4n) is 2.26. The zero-order chi connectivity index (χ0) is 18.4. The van der Waals surface area contributed by atoms with E-state index in [1.165, 1.54) is 11.8 Å². The van der Waals surface area contributed by atoms with Crippen molar-refractivity contribution in [3.63, 3.8) is 0 Å². The Morgan fingerprint density at radius 1 is 1.12 bits per heavy atom. The lowest BCUT2D eigenvalue weighted by molar-refractivity contribution is -0.163. The molecule has 2 aromatic rings. The number of benzene rings is 2. The third-order valence-corrected chi connectivity index (χ3v) is 4.86. The lowest BCUT2D eigenvalue weighted by Gasteiger charge is -2.27. The normalized spacial score (nSPS) is 14.0. The van der Waals surface area contributed by atoms with E-state index in [9.17, 15) is 9.90 Å². The monoisotopic (exact) mass is 378 g/mol. The van der Waals surface area contributed by atoms with Gasteiger partial charge >= 0.3 is 5.97 Å². The second kappa shape index (κ2) is 8.75. The van der Waals surface area contributed by atoms with Gasteiger partial charge < -0.3 is 9.84 Å². The van der Waals surface area contributed by atoms with Crippen molar-refractivity contribution in [3.05, 3.63) is 65.2 Å². The Bertz CT molecular complexity index is 680. The van der Waals surface area contributed by atoms with Crippen LogP contribution in [0, 0.1) is 5.92 Å². The van der Waals surface area contributed by atoms with Crippen molar-refractivity contribution in [2.45, 2.75) is 37.4 Å². The first-order valence-electron chi connectivity index (χ1n) is 8.10. The summed E-state index contributed by atoms with van der Waals surface area (Å²) in [5, 5.41) is 11.3. The zero-order valence-corrected chi connectivity index (χ0v) is 16.2. The first-order valence-corrected chi connectivity index (χ1v) is 9.47. The van der Waals surface area contributed by atoms with Crippen molar-refractivity contribution < 1.29 is 14.6 Å². The van der Waals surface area contributed by atoms with E-state index in [1.807, 2.05) is 51.1 Å². The zero-order valence-electron chi connectivity index (χ0n) is 14.6. The van der Waals surface area contributed by atoms with Gasteiger partial charge in [0.1, 0.15) is 5.60 Å². The van der Waals surface area contributed by atoms with Gasteiger partial charge in [-0.3, -0.25) is 4.79 Å². The highest BCUT2D eigenvalue weighted by Gasteiger charge is 2.32. The molecule has 2 aromatic carbocycles. The van der Waals surface area contributed by atoms with Crippen LogP contribution in [0.3, 0.4) is 0 Å². The van der Waals surface area contributed by atoms with E-state index in [-0.39, 0.29) is 0 Å². The molecule has 0 aromatic heterocycles. The molecule has 2 rings (SSSR count). The first-order chi connectivity index (χ1) is 11.8. The van der Waals surface area contributed by atoms with E-state index in [1.54, 1.807) is 24.3 Å². The summed E-state index contributed by atoms with van der Waals surface area (Å²) in [6.45, 7) is 5.46. The maximum atomic E-state index is 12.6. The molecule has 0 aliphatic rings. The van der Waals surface area contributed by atoms with Gasteiger partial charge in [-0.05, 0) is 50.6 Å². The highest BCUT2D eigenvalue weighted by Crippen LogP contribution is 2.31. The molecule has 0 saturated carbocycles. The van der Waals surface area contributed by atoms with Crippen LogP contribution in [0.15, 0.2) is 59.5 Å². The summed E-state index contributed by atoms with van der Waals surface area (Å²) in [4.78, 5) is 13.7. The third kappa shape index (κ3) is 6.38. The summed E-state index contributed by atoms with van der Waals surface area (Å²) in [7, 11) is 0. The molecule has 2 atom stereocenters. The maximum absolute atomic E-state index is 12.6. The van der Waals surface area contributed by atoms with Gasteiger partial charge in [-0.25, -0.2) is 0 Å². The number of aliphatic hydroxyl groups is 1. The Labute approximate surface area is 158 Å². The van der Waals surface area contributed by atoms with Crippen LogP contribution in [-0.2, 0) is 9.53 Å². The molecule has 0 aliphatic heterocycles. The van der Waals surface area contributed by atoms with E-state index in [0.717, 1.165) is 4.90 Å². The minimum atomic E-state index is -0.955. The summed E-state index contributed by atoms with van der Waals surface area (Å²) >= 11 is 7.43. The molecule has 0 radical (unpaired) electrons. The molecule has 0 bridgehead atoms. The van der Waals surface area contributed by atoms with Crippen molar-refractivity contribution in [2.75, 3.05) is 5.75 Å². The Kier molecular flexibility index (Phi) is 6.94. The van der Waals surface area contributed by atoms with Crippen molar-refractivity contribution >= 4 is 29.3 Å². The summed E-state index contributed by atoms with van der Waals surface area (Å²) < 4.78 is 5.52. The first kappa shape index (κ1) is 19.8. The molecule has 0 amide bonds. The van der Waals surface area contributed by atoms with E-state index < -0.39 is 23.6 Å². The van der Waals surface area contributed by atoms with Gasteiger partial charge in [-0.15, -0.1) is 11.8 Å². The molecular formula is C20H23ClO3S. The van der Waals surface area contributed by atoms with Crippen LogP contribution < -0.4 is 0 Å². The van der Waals surface area contributed by atoms with E-state index in [4.69, 9.17) is 16.3 Å². The molecule has 0 aliphatic carbocycles. The smallest absolute Gasteiger partial charge is 0.313 e. The van der Waals surface area contributed by atoms with Crippen LogP contribution in [0.5, 0.6) is 0 Å². The van der Waals surface area contributed by atoms with Crippen molar-refractivity contribution in [1.29, 1.82) is 0 Å². The molecule has 0 spiro atoms. The number of esters is 1.